The van der Waals surface area contributed by atoms with Gasteiger partial charge in [0.05, 0.1) is 19.2 Å². The van der Waals surface area contributed by atoms with Gasteiger partial charge in [-0.1, -0.05) is 20.8 Å². The first-order valence-electron chi connectivity index (χ1n) is 12.2. The van der Waals surface area contributed by atoms with Crippen LogP contribution in [0.15, 0.2) is 36.3 Å². The number of hydrogen-bond donors (Lipinski definition) is 1. The van der Waals surface area contributed by atoms with Crippen LogP contribution >= 0.6 is 0 Å². The van der Waals surface area contributed by atoms with E-state index in [0.29, 0.717) is 12.6 Å². The second kappa shape index (κ2) is 11.8. The summed E-state index contributed by atoms with van der Waals surface area (Å²) in [5.41, 5.74) is -1.54. The first kappa shape index (κ1) is 29.5. The van der Waals surface area contributed by atoms with Crippen LogP contribution in [0.5, 0.6) is 0 Å². The Labute approximate surface area is 220 Å². The van der Waals surface area contributed by atoms with Crippen molar-refractivity contribution in [1.29, 1.82) is 0 Å². The average molecular weight is 563 g/mol. The molecule has 15 heteroatoms. The number of halogens is 4. The number of alkyl halides is 4. The van der Waals surface area contributed by atoms with Crippen LogP contribution in [0.2, 0.25) is 0 Å². The highest BCUT2D eigenvalue weighted by molar-refractivity contribution is 7.89. The smallest absolute Gasteiger partial charge is 0.351 e. The maximum absolute atomic E-state index is 13.6. The normalized spacial score (nSPS) is 19.5. The monoisotopic (exact) mass is 562 g/mol. The SMILES string of the molecule is CC.CC(F)Cn1cnc(-c2nc(N[C@H]3CCN(S(=O)(=O)c4cn(C)cn4)C[C@H]3C)ncc2C(F)(F)F)c1.[HH]. The van der Waals surface area contributed by atoms with Gasteiger partial charge in [-0.15, -0.1) is 0 Å². The van der Waals surface area contributed by atoms with Crippen LogP contribution in [0.4, 0.5) is 23.5 Å². The number of anilines is 1. The van der Waals surface area contributed by atoms with Gasteiger partial charge in [0.25, 0.3) is 10.0 Å². The van der Waals surface area contributed by atoms with Crippen LogP contribution in [0, 0.1) is 5.92 Å². The average Bonchev–Trinajstić information content (AvgIpc) is 3.50. The molecule has 3 aromatic heterocycles. The van der Waals surface area contributed by atoms with E-state index in [-0.39, 0.29) is 49.7 Å². The number of piperidine rings is 1. The number of sulfonamides is 1. The highest BCUT2D eigenvalue weighted by Gasteiger charge is 2.37. The number of nitrogens with zero attached hydrogens (tertiary/aromatic N) is 7. The van der Waals surface area contributed by atoms with Crippen LogP contribution in [0.25, 0.3) is 11.4 Å². The van der Waals surface area contributed by atoms with E-state index in [1.54, 1.807) is 11.6 Å². The molecule has 38 heavy (non-hydrogen) atoms. The van der Waals surface area contributed by atoms with Gasteiger partial charge < -0.3 is 14.5 Å². The molecule has 0 radical (unpaired) electrons. The van der Waals surface area contributed by atoms with Gasteiger partial charge in [0, 0.05) is 46.2 Å². The Balaban J connectivity index is 0.00000174. The summed E-state index contributed by atoms with van der Waals surface area (Å²) in [4.78, 5) is 15.9. The van der Waals surface area contributed by atoms with Gasteiger partial charge in [0.2, 0.25) is 5.95 Å². The Bertz CT molecular complexity index is 1330. The predicted octanol–water partition coefficient (Wildman–Crippen LogP) is 4.23. The highest BCUT2D eigenvalue weighted by Crippen LogP contribution is 2.36. The Morgan fingerprint density at radius 1 is 1.18 bits per heavy atom. The van der Waals surface area contributed by atoms with E-state index in [0.717, 1.165) is 0 Å². The minimum absolute atomic E-state index is 0. The largest absolute Gasteiger partial charge is 0.420 e. The van der Waals surface area contributed by atoms with Gasteiger partial charge in [-0.3, -0.25) is 0 Å². The maximum Gasteiger partial charge on any atom is 0.420 e. The summed E-state index contributed by atoms with van der Waals surface area (Å²) in [6.07, 6.45) is 0.544. The van der Waals surface area contributed by atoms with Crippen molar-refractivity contribution in [3.63, 3.8) is 0 Å². The third-order valence-corrected chi connectivity index (χ3v) is 7.65. The molecule has 1 aliphatic rings. The van der Waals surface area contributed by atoms with Gasteiger partial charge in [0.15, 0.2) is 5.03 Å². The minimum atomic E-state index is -4.72. The minimum Gasteiger partial charge on any atom is -0.351 e. The molecule has 1 aliphatic heterocycles. The maximum atomic E-state index is 13.6. The van der Waals surface area contributed by atoms with E-state index >= 15 is 0 Å². The van der Waals surface area contributed by atoms with Gasteiger partial charge in [-0.05, 0) is 19.3 Å². The van der Waals surface area contributed by atoms with Crippen LogP contribution in [-0.2, 0) is 29.8 Å². The summed E-state index contributed by atoms with van der Waals surface area (Å²) in [5, 5.41) is 3.01. The van der Waals surface area contributed by atoms with Crippen LogP contribution in [0.3, 0.4) is 0 Å². The molecular weight excluding hydrogens is 528 g/mol. The number of aryl methyl sites for hydroxylation is 1. The molecular formula is C23H34F4N8O2S. The number of hydrogen-bond acceptors (Lipinski definition) is 7. The molecule has 0 aliphatic carbocycles. The number of aromatic nitrogens is 6. The van der Waals surface area contributed by atoms with Gasteiger partial charge >= 0.3 is 6.18 Å². The van der Waals surface area contributed by atoms with E-state index in [1.807, 2.05) is 20.8 Å². The Hall–Kier alpha value is -3.07. The summed E-state index contributed by atoms with van der Waals surface area (Å²) >= 11 is 0. The van der Waals surface area contributed by atoms with E-state index < -0.39 is 33.6 Å². The molecule has 4 heterocycles. The van der Waals surface area contributed by atoms with Crippen molar-refractivity contribution in [2.75, 3.05) is 18.4 Å². The third kappa shape index (κ3) is 6.67. The van der Waals surface area contributed by atoms with Crippen LogP contribution < -0.4 is 5.32 Å². The first-order chi connectivity index (χ1) is 17.8. The molecule has 10 nitrogen and oxygen atoms in total. The first-order valence-corrected chi connectivity index (χ1v) is 13.6. The fourth-order valence-corrected chi connectivity index (χ4v) is 5.61. The van der Waals surface area contributed by atoms with Crippen molar-refractivity contribution in [3.05, 3.63) is 36.8 Å². The zero-order valence-corrected chi connectivity index (χ0v) is 22.6. The third-order valence-electron chi connectivity index (χ3n) is 5.90. The van der Waals surface area contributed by atoms with Crippen molar-refractivity contribution in [3.8, 4) is 11.4 Å². The van der Waals surface area contributed by atoms with E-state index in [2.05, 4.69) is 25.3 Å². The summed E-state index contributed by atoms with van der Waals surface area (Å²) < 4.78 is 84.2. The lowest BCUT2D eigenvalue weighted by atomic mass is 9.95. The summed E-state index contributed by atoms with van der Waals surface area (Å²) in [5.74, 6) is -0.235. The molecule has 1 saturated heterocycles. The predicted molar refractivity (Wildman–Crippen MR) is 135 cm³/mol. The lowest BCUT2D eigenvalue weighted by molar-refractivity contribution is -0.137. The molecule has 1 N–H and O–H groups in total. The van der Waals surface area contributed by atoms with E-state index in [1.165, 1.54) is 40.8 Å². The molecule has 1 fully saturated rings. The van der Waals surface area contributed by atoms with E-state index in [9.17, 15) is 26.0 Å². The fraction of sp³-hybridized carbons (Fsp3) is 0.565. The van der Waals surface area contributed by atoms with Crippen molar-refractivity contribution >= 4 is 16.0 Å². The standard InChI is InChI=1S/C21H26F4N8O2S.C2H6.H2/c1-13-7-33(36(34,35)18-10-31(3)11-28-18)5-4-16(13)29-20-26-6-15(21(23,24)25)19(30-20)17-9-32(12-27-17)8-14(2)22;1-2;/h6,9-14,16H,4-5,7-8H2,1-3H3,(H,26,29,30);1-2H3;1H/t13-,14?,16+;;/m1../s1. The van der Waals surface area contributed by atoms with E-state index in [4.69, 9.17) is 0 Å². The molecule has 3 atom stereocenters. The quantitative estimate of drug-likeness (QED) is 0.429. The summed E-state index contributed by atoms with van der Waals surface area (Å²) in [6.45, 7) is 7.50. The fourth-order valence-electron chi connectivity index (χ4n) is 4.09. The summed E-state index contributed by atoms with van der Waals surface area (Å²) in [6, 6.07) is -0.283. The lowest BCUT2D eigenvalue weighted by Crippen LogP contribution is -2.47. The molecule has 0 saturated carbocycles. The summed E-state index contributed by atoms with van der Waals surface area (Å²) in [7, 11) is -2.09. The molecule has 0 spiro atoms. The molecule has 0 aromatic carbocycles. The lowest BCUT2D eigenvalue weighted by Gasteiger charge is -2.36. The Morgan fingerprint density at radius 2 is 1.89 bits per heavy atom. The number of nitrogens with one attached hydrogen (secondary N) is 1. The molecule has 212 valence electrons. The Kier molecular flexibility index (Phi) is 9.13. The van der Waals surface area contributed by atoms with Gasteiger partial charge in [-0.2, -0.15) is 17.5 Å². The molecule has 3 aromatic rings. The topological polar surface area (TPSA) is 111 Å². The van der Waals surface area contributed by atoms with Gasteiger partial charge in [-0.25, -0.2) is 32.7 Å². The van der Waals surface area contributed by atoms with Crippen molar-refractivity contribution in [2.45, 2.75) is 64.1 Å². The van der Waals surface area contributed by atoms with Crippen LogP contribution in [-0.4, -0.2) is 67.1 Å². The number of imidazole rings is 2. The van der Waals surface area contributed by atoms with Gasteiger partial charge in [0.1, 0.15) is 23.1 Å². The highest BCUT2D eigenvalue weighted by atomic mass is 32.2. The molecule has 4 rings (SSSR count). The molecule has 0 bridgehead atoms. The van der Waals surface area contributed by atoms with Crippen molar-refractivity contribution in [1.82, 2.24) is 33.4 Å². The number of rotatable bonds is 7. The zero-order chi connectivity index (χ0) is 28.3. The van der Waals surface area contributed by atoms with Crippen molar-refractivity contribution in [2.24, 2.45) is 13.0 Å². The van der Waals surface area contributed by atoms with Crippen LogP contribution in [0.1, 0.15) is 41.1 Å². The second-order valence-corrected chi connectivity index (χ2v) is 10.8. The second-order valence-electron chi connectivity index (χ2n) is 8.95. The zero-order valence-electron chi connectivity index (χ0n) is 21.8. The molecule has 1 unspecified atom stereocenters. The van der Waals surface area contributed by atoms with Crippen molar-refractivity contribution < 1.29 is 27.4 Å². The molecule has 0 amide bonds. The Morgan fingerprint density at radius 3 is 2.47 bits per heavy atom.